The van der Waals surface area contributed by atoms with Crippen molar-refractivity contribution in [3.63, 3.8) is 0 Å². The van der Waals surface area contributed by atoms with Gasteiger partial charge in [-0.05, 0) is 62.8 Å². The number of carbonyl (C=O) groups excluding carboxylic acids is 3. The van der Waals surface area contributed by atoms with Gasteiger partial charge in [-0.2, -0.15) is 10.4 Å². The largest absolute Gasteiger partial charge is 0.490 e. The summed E-state index contributed by atoms with van der Waals surface area (Å²) in [6.07, 6.45) is 10.8. The van der Waals surface area contributed by atoms with E-state index in [2.05, 4.69) is 35.8 Å². The van der Waals surface area contributed by atoms with E-state index < -0.39 is 11.7 Å². The molecule has 17 heteroatoms. The van der Waals surface area contributed by atoms with E-state index in [-0.39, 0.29) is 48.7 Å². The molecule has 56 heavy (non-hydrogen) atoms. The number of piperidine rings is 2. The van der Waals surface area contributed by atoms with Crippen LogP contribution in [0, 0.1) is 11.3 Å². The summed E-state index contributed by atoms with van der Waals surface area (Å²) in [5.41, 5.74) is 0.786. The van der Waals surface area contributed by atoms with Crippen molar-refractivity contribution < 1.29 is 23.5 Å². The summed E-state index contributed by atoms with van der Waals surface area (Å²) in [5, 5.41) is 28.9. The number of imide groups is 1. The first-order valence-electron chi connectivity index (χ1n) is 19.2. The predicted molar refractivity (Wildman–Crippen MR) is 205 cm³/mol. The fraction of sp³-hybridized carbons (Fsp3) is 0.487. The summed E-state index contributed by atoms with van der Waals surface area (Å²) >= 11 is 6.14. The third-order valence-corrected chi connectivity index (χ3v) is 11.8. The van der Waals surface area contributed by atoms with Crippen LogP contribution in [0.1, 0.15) is 79.9 Å². The normalized spacial score (nSPS) is 22.1. The van der Waals surface area contributed by atoms with Crippen molar-refractivity contribution in [3.8, 4) is 11.8 Å². The first-order chi connectivity index (χ1) is 27.1. The van der Waals surface area contributed by atoms with Crippen LogP contribution in [0.15, 0.2) is 48.9 Å². The minimum Gasteiger partial charge on any atom is -0.490 e. The maximum atomic E-state index is 16.2. The lowest BCUT2D eigenvalue weighted by Crippen LogP contribution is -2.50. The van der Waals surface area contributed by atoms with Gasteiger partial charge in [0.05, 0.1) is 52.5 Å². The number of nitrogens with one attached hydrogen (secondary N) is 2. The monoisotopic (exact) mass is 783 g/mol. The van der Waals surface area contributed by atoms with Gasteiger partial charge in [-0.15, -0.1) is 10.2 Å². The number of fused-ring (bicyclic) bond motifs is 1. The number of likely N-dealkylation sites (tertiary alicyclic amines) is 1. The number of halogens is 2. The standard InChI is InChI=1S/C39H43ClFN11O4/c40-31-19-29(4-1-25(31)20-42)56-28-5-2-26(3-6-28)45-37(54)32-7-8-35(48-47-32)50-17-12-39(41,13-18-50)24-49-14-9-27(10-15-49)52-34-23-43-22-33(30(34)21-44-52)51-16-11-36(53)46-38(51)55/h1,4,7-8,19,21-23,26-28H,2-3,5-6,9-18,24H2,(H,45,54)(H,46,53,55)/t26-,28-. The molecule has 15 nitrogen and oxygen atoms in total. The predicted octanol–water partition coefficient (Wildman–Crippen LogP) is 4.96. The van der Waals surface area contributed by atoms with Crippen LogP contribution in [0.4, 0.5) is 20.7 Å². The molecule has 1 aromatic carbocycles. The first-order valence-corrected chi connectivity index (χ1v) is 19.6. The molecule has 4 aliphatic rings. The first kappa shape index (κ1) is 37.5. The van der Waals surface area contributed by atoms with Gasteiger partial charge >= 0.3 is 6.03 Å². The third-order valence-electron chi connectivity index (χ3n) is 11.5. The van der Waals surface area contributed by atoms with E-state index >= 15 is 4.39 Å². The highest BCUT2D eigenvalue weighted by Crippen LogP contribution is 2.34. The van der Waals surface area contributed by atoms with Crippen LogP contribution in [0.3, 0.4) is 0 Å². The lowest BCUT2D eigenvalue weighted by molar-refractivity contribution is -0.120. The van der Waals surface area contributed by atoms with Crippen LogP contribution < -0.4 is 25.2 Å². The number of nitrogens with zero attached hydrogens (tertiary/aromatic N) is 9. The van der Waals surface area contributed by atoms with Crippen LogP contribution in [0.5, 0.6) is 5.75 Å². The van der Waals surface area contributed by atoms with E-state index in [0.29, 0.717) is 60.3 Å². The molecule has 0 unspecified atom stereocenters. The Morgan fingerprint density at radius 1 is 1.00 bits per heavy atom. The summed E-state index contributed by atoms with van der Waals surface area (Å²) in [4.78, 5) is 47.3. The molecule has 0 spiro atoms. The number of hydrogen-bond acceptors (Lipinski definition) is 11. The summed E-state index contributed by atoms with van der Waals surface area (Å²) in [7, 11) is 0. The Bertz CT molecular complexity index is 2140. The van der Waals surface area contributed by atoms with Gasteiger partial charge in [-0.1, -0.05) is 11.6 Å². The zero-order valence-electron chi connectivity index (χ0n) is 30.9. The third kappa shape index (κ3) is 8.10. The fourth-order valence-corrected chi connectivity index (χ4v) is 8.53. The zero-order chi connectivity index (χ0) is 38.8. The molecule has 1 aliphatic carbocycles. The number of hydrogen-bond donors (Lipinski definition) is 2. The number of rotatable bonds is 9. The molecule has 1 saturated carbocycles. The van der Waals surface area contributed by atoms with Crippen molar-refractivity contribution in [2.24, 2.45) is 0 Å². The number of carbonyl (C=O) groups is 3. The van der Waals surface area contributed by atoms with Crippen molar-refractivity contribution >= 4 is 51.9 Å². The summed E-state index contributed by atoms with van der Waals surface area (Å²) < 4.78 is 24.2. The van der Waals surface area contributed by atoms with E-state index in [1.165, 1.54) is 4.90 Å². The summed E-state index contributed by atoms with van der Waals surface area (Å²) in [5.74, 6) is 0.695. The summed E-state index contributed by atoms with van der Waals surface area (Å²) in [6.45, 7) is 3.14. The van der Waals surface area contributed by atoms with E-state index in [0.717, 1.165) is 62.5 Å². The van der Waals surface area contributed by atoms with Gasteiger partial charge in [0.15, 0.2) is 11.5 Å². The quantitative estimate of drug-likeness (QED) is 0.235. The molecule has 0 bridgehead atoms. The highest BCUT2D eigenvalue weighted by Gasteiger charge is 2.38. The Balaban J connectivity index is 0.777. The van der Waals surface area contributed by atoms with Crippen molar-refractivity contribution in [2.45, 2.75) is 81.6 Å². The zero-order valence-corrected chi connectivity index (χ0v) is 31.6. The van der Waals surface area contributed by atoms with Crippen LogP contribution in [0.25, 0.3) is 10.9 Å². The number of amides is 4. The topological polar surface area (TPSA) is 174 Å². The Morgan fingerprint density at radius 3 is 2.48 bits per heavy atom. The maximum Gasteiger partial charge on any atom is 0.328 e. The van der Waals surface area contributed by atoms with Gasteiger partial charge in [0, 0.05) is 76.0 Å². The molecule has 3 aromatic heterocycles. The average molecular weight is 784 g/mol. The molecule has 6 heterocycles. The number of alkyl halides is 1. The number of urea groups is 1. The molecule has 0 atom stereocenters. The van der Waals surface area contributed by atoms with Gasteiger partial charge < -0.3 is 19.9 Å². The second-order valence-electron chi connectivity index (χ2n) is 15.2. The number of benzene rings is 1. The van der Waals surface area contributed by atoms with Crippen LogP contribution in [-0.4, -0.2) is 105 Å². The summed E-state index contributed by atoms with van der Waals surface area (Å²) in [6, 6.07) is 10.2. The van der Waals surface area contributed by atoms with Crippen LogP contribution in [-0.2, 0) is 4.79 Å². The number of pyridine rings is 1. The number of anilines is 2. The molecule has 4 aromatic rings. The molecular formula is C39H43ClFN11O4. The molecule has 3 aliphatic heterocycles. The van der Waals surface area contributed by atoms with Gasteiger partial charge in [0.2, 0.25) is 5.91 Å². The SMILES string of the molecule is N#Cc1ccc(O[C@H]2CC[C@H](NC(=O)c3ccc(N4CCC(F)(CN5CCC(n6ncc7c(N8CCC(=O)NC8=O)cncc76)CC5)CC4)nn3)CC2)cc1Cl. The smallest absolute Gasteiger partial charge is 0.328 e. The molecule has 0 radical (unpaired) electrons. The molecule has 292 valence electrons. The molecule has 4 fully saturated rings. The Morgan fingerprint density at radius 2 is 1.79 bits per heavy atom. The highest BCUT2D eigenvalue weighted by atomic mass is 35.5. The molecule has 8 rings (SSSR count). The lowest BCUT2D eigenvalue weighted by atomic mass is 9.91. The maximum absolute atomic E-state index is 16.2. The molecule has 2 N–H and O–H groups in total. The van der Waals surface area contributed by atoms with Gasteiger partial charge in [0.25, 0.3) is 5.91 Å². The number of nitriles is 1. The van der Waals surface area contributed by atoms with Crippen molar-refractivity contribution in [3.05, 3.63) is 65.2 Å². The lowest BCUT2D eigenvalue weighted by Gasteiger charge is -2.41. The molecule has 3 saturated heterocycles. The average Bonchev–Trinajstić information content (AvgIpc) is 3.64. The number of ether oxygens (including phenoxy) is 1. The minimum atomic E-state index is -1.32. The van der Waals surface area contributed by atoms with Gasteiger partial charge in [-0.3, -0.25) is 29.5 Å². The van der Waals surface area contributed by atoms with E-state index in [1.807, 2.05) is 15.7 Å². The van der Waals surface area contributed by atoms with Gasteiger partial charge in [0.1, 0.15) is 17.5 Å². The van der Waals surface area contributed by atoms with E-state index in [9.17, 15) is 14.4 Å². The van der Waals surface area contributed by atoms with Crippen LogP contribution >= 0.6 is 11.6 Å². The molecule has 4 amide bonds. The van der Waals surface area contributed by atoms with Crippen molar-refractivity contribution in [2.75, 3.05) is 49.1 Å². The van der Waals surface area contributed by atoms with E-state index in [4.69, 9.17) is 21.6 Å². The van der Waals surface area contributed by atoms with Crippen molar-refractivity contribution in [1.82, 2.24) is 40.5 Å². The van der Waals surface area contributed by atoms with Gasteiger partial charge in [-0.25, -0.2) is 9.18 Å². The van der Waals surface area contributed by atoms with E-state index in [1.54, 1.807) is 48.9 Å². The second-order valence-corrected chi connectivity index (χ2v) is 15.6. The second kappa shape index (κ2) is 16.0. The Hall–Kier alpha value is -5.40. The minimum absolute atomic E-state index is 0.000116. The Kier molecular flexibility index (Phi) is 10.7. The molecular weight excluding hydrogens is 741 g/mol. The fourth-order valence-electron chi connectivity index (χ4n) is 8.31. The van der Waals surface area contributed by atoms with Crippen molar-refractivity contribution in [1.29, 1.82) is 5.26 Å². The number of aromatic nitrogens is 5. The Labute approximate surface area is 328 Å². The highest BCUT2D eigenvalue weighted by molar-refractivity contribution is 6.31. The van der Waals surface area contributed by atoms with Crippen LogP contribution in [0.2, 0.25) is 5.02 Å².